The zero-order valence-electron chi connectivity index (χ0n) is 16.7. The molecule has 6 nitrogen and oxygen atoms in total. The second-order valence-electron chi connectivity index (χ2n) is 7.52. The van der Waals surface area contributed by atoms with Crippen LogP contribution in [0.15, 0.2) is 84.4 Å². The first kappa shape index (κ1) is 18.8. The quantitative estimate of drug-likeness (QED) is 0.296. The predicted octanol–water partition coefficient (Wildman–Crippen LogP) is 4.50. The van der Waals surface area contributed by atoms with E-state index in [-0.39, 0.29) is 17.3 Å². The number of carbonyl (C=O) groups excluding carboxylic acids is 2. The van der Waals surface area contributed by atoms with Gasteiger partial charge in [0, 0.05) is 5.56 Å². The number of aryl methyl sites for hydroxylation is 1. The molecule has 1 unspecified atom stereocenters. The predicted molar refractivity (Wildman–Crippen MR) is 118 cm³/mol. The monoisotopic (exact) mass is 409 g/mol. The number of nitrogens with one attached hydrogen (secondary N) is 1. The Bertz CT molecular complexity index is 1300. The molecule has 1 aliphatic rings. The molecule has 2 heterocycles. The summed E-state index contributed by atoms with van der Waals surface area (Å²) in [7, 11) is 0. The highest BCUT2D eigenvalue weighted by molar-refractivity contribution is 6.51. The first-order chi connectivity index (χ1) is 15.0. The number of para-hydroxylation sites is 2. The number of hydrogen-bond donors (Lipinski definition) is 2. The maximum atomic E-state index is 13.1. The second-order valence-corrected chi connectivity index (χ2v) is 7.52. The average Bonchev–Trinajstić information content (AvgIpc) is 3.33. The van der Waals surface area contributed by atoms with Gasteiger partial charge in [0.15, 0.2) is 0 Å². The number of imidazole rings is 1. The van der Waals surface area contributed by atoms with E-state index in [2.05, 4.69) is 9.97 Å². The van der Waals surface area contributed by atoms with Crippen LogP contribution < -0.4 is 4.90 Å². The van der Waals surface area contributed by atoms with Crippen molar-refractivity contribution in [2.75, 3.05) is 4.90 Å². The van der Waals surface area contributed by atoms with Crippen LogP contribution in [0.3, 0.4) is 0 Å². The molecule has 0 saturated carbocycles. The van der Waals surface area contributed by atoms with E-state index in [0.29, 0.717) is 16.6 Å². The molecule has 4 aromatic rings. The van der Waals surface area contributed by atoms with Crippen molar-refractivity contribution in [1.29, 1.82) is 0 Å². The smallest absolute Gasteiger partial charge is 0.302 e. The number of aliphatic hydroxyl groups excluding tert-OH is 1. The fraction of sp³-hybridized carbons (Fsp3) is 0.0800. The van der Waals surface area contributed by atoms with Crippen LogP contribution in [-0.4, -0.2) is 26.8 Å². The molecule has 6 heteroatoms. The molecule has 1 atom stereocenters. The van der Waals surface area contributed by atoms with Crippen molar-refractivity contribution in [1.82, 2.24) is 9.97 Å². The maximum absolute atomic E-state index is 13.1. The van der Waals surface area contributed by atoms with Crippen LogP contribution >= 0.6 is 0 Å². The number of H-pyrrole nitrogens is 1. The van der Waals surface area contributed by atoms with E-state index in [0.717, 1.165) is 11.1 Å². The third-order valence-electron chi connectivity index (χ3n) is 5.49. The van der Waals surface area contributed by atoms with Crippen molar-refractivity contribution in [2.24, 2.45) is 0 Å². The van der Waals surface area contributed by atoms with E-state index in [9.17, 15) is 14.7 Å². The van der Waals surface area contributed by atoms with Gasteiger partial charge in [-0.25, -0.2) is 4.98 Å². The van der Waals surface area contributed by atoms with Crippen molar-refractivity contribution >= 4 is 34.4 Å². The van der Waals surface area contributed by atoms with Crippen molar-refractivity contribution in [3.63, 3.8) is 0 Å². The van der Waals surface area contributed by atoms with Gasteiger partial charge in [0.2, 0.25) is 5.95 Å². The summed E-state index contributed by atoms with van der Waals surface area (Å²) in [6.07, 6.45) is 0. The number of fused-ring (bicyclic) bond motifs is 1. The molecular weight excluding hydrogens is 390 g/mol. The number of aliphatic hydroxyl groups is 1. The van der Waals surface area contributed by atoms with E-state index in [1.54, 1.807) is 12.1 Å². The number of aromatic amines is 1. The lowest BCUT2D eigenvalue weighted by molar-refractivity contribution is -0.132. The van der Waals surface area contributed by atoms with Gasteiger partial charge >= 0.3 is 5.91 Å². The third-order valence-corrected chi connectivity index (χ3v) is 5.49. The number of anilines is 1. The molecule has 31 heavy (non-hydrogen) atoms. The Labute approximate surface area is 178 Å². The maximum Gasteiger partial charge on any atom is 0.302 e. The fourth-order valence-electron chi connectivity index (χ4n) is 3.92. The van der Waals surface area contributed by atoms with Crippen molar-refractivity contribution in [3.05, 3.63) is 101 Å². The van der Waals surface area contributed by atoms with Crippen molar-refractivity contribution in [3.8, 4) is 0 Å². The first-order valence-electron chi connectivity index (χ1n) is 9.92. The summed E-state index contributed by atoms with van der Waals surface area (Å²) in [6.45, 7) is 1.94. The van der Waals surface area contributed by atoms with E-state index < -0.39 is 17.7 Å². The van der Waals surface area contributed by atoms with Crippen LogP contribution in [0, 0.1) is 6.92 Å². The van der Waals surface area contributed by atoms with Gasteiger partial charge in [-0.1, -0.05) is 72.3 Å². The summed E-state index contributed by atoms with van der Waals surface area (Å²) in [5, 5.41) is 11.1. The lowest BCUT2D eigenvalue weighted by Crippen LogP contribution is -2.30. The number of amides is 1. The van der Waals surface area contributed by atoms with E-state index >= 15 is 0 Å². The number of hydrogen-bond acceptors (Lipinski definition) is 4. The van der Waals surface area contributed by atoms with Crippen LogP contribution in [0.5, 0.6) is 0 Å². The summed E-state index contributed by atoms with van der Waals surface area (Å²) in [5.41, 5.74) is 3.69. The lowest BCUT2D eigenvalue weighted by Gasteiger charge is -2.23. The largest absolute Gasteiger partial charge is 0.507 e. The highest BCUT2D eigenvalue weighted by Gasteiger charge is 2.48. The van der Waals surface area contributed by atoms with Gasteiger partial charge in [0.05, 0.1) is 22.6 Å². The molecule has 3 aromatic carbocycles. The highest BCUT2D eigenvalue weighted by Crippen LogP contribution is 2.41. The Morgan fingerprint density at radius 3 is 2.32 bits per heavy atom. The lowest BCUT2D eigenvalue weighted by atomic mass is 9.95. The number of aromatic nitrogens is 2. The number of Topliss-reactive ketones (excluding diaryl/α,β-unsaturated/α-hetero) is 1. The zero-order chi connectivity index (χ0) is 21.5. The number of benzene rings is 3. The molecule has 0 spiro atoms. The van der Waals surface area contributed by atoms with Gasteiger partial charge in [-0.05, 0) is 24.6 Å². The molecule has 0 bridgehead atoms. The van der Waals surface area contributed by atoms with Gasteiger partial charge in [0.25, 0.3) is 5.78 Å². The SMILES string of the molecule is Cc1ccc(/C(O)=C2\C(=O)C(=O)N(c3nc4ccccc4[nH]3)C2c2ccccc2)cc1. The minimum atomic E-state index is -0.803. The molecular formula is C25H19N3O3. The Hall–Kier alpha value is -4.19. The van der Waals surface area contributed by atoms with Crippen LogP contribution in [0.25, 0.3) is 16.8 Å². The highest BCUT2D eigenvalue weighted by atomic mass is 16.3. The van der Waals surface area contributed by atoms with Crippen LogP contribution in [-0.2, 0) is 9.59 Å². The van der Waals surface area contributed by atoms with Crippen LogP contribution in [0.1, 0.15) is 22.7 Å². The summed E-state index contributed by atoms with van der Waals surface area (Å²) in [5.74, 6) is -1.42. The first-order valence-corrected chi connectivity index (χ1v) is 9.92. The van der Waals surface area contributed by atoms with Crippen molar-refractivity contribution < 1.29 is 14.7 Å². The number of rotatable bonds is 3. The van der Waals surface area contributed by atoms with E-state index in [1.807, 2.05) is 73.7 Å². The van der Waals surface area contributed by atoms with E-state index in [1.165, 1.54) is 4.90 Å². The average molecular weight is 409 g/mol. The summed E-state index contributed by atoms with van der Waals surface area (Å²) in [4.78, 5) is 35.2. The van der Waals surface area contributed by atoms with Crippen LogP contribution in [0.2, 0.25) is 0 Å². The minimum Gasteiger partial charge on any atom is -0.507 e. The normalized spacial score (nSPS) is 18.1. The van der Waals surface area contributed by atoms with Gasteiger partial charge in [-0.15, -0.1) is 0 Å². The molecule has 0 aliphatic carbocycles. The Kier molecular flexibility index (Phi) is 4.40. The second kappa shape index (κ2) is 7.25. The van der Waals surface area contributed by atoms with Gasteiger partial charge < -0.3 is 10.1 Å². The van der Waals surface area contributed by atoms with Gasteiger partial charge in [-0.3, -0.25) is 14.5 Å². The molecule has 2 N–H and O–H groups in total. The summed E-state index contributed by atoms with van der Waals surface area (Å²) in [6, 6.07) is 23.0. The number of carbonyl (C=O) groups is 2. The van der Waals surface area contributed by atoms with Crippen molar-refractivity contribution in [2.45, 2.75) is 13.0 Å². The summed E-state index contributed by atoms with van der Waals surface area (Å²) < 4.78 is 0. The fourth-order valence-corrected chi connectivity index (χ4v) is 3.92. The zero-order valence-corrected chi connectivity index (χ0v) is 16.7. The standard InChI is InChI=1S/C25H19N3O3/c1-15-11-13-17(14-12-15)22(29)20-21(16-7-3-2-4-8-16)28(24(31)23(20)30)25-26-18-9-5-6-10-19(18)27-25/h2-14,21,29H,1H3,(H,26,27)/b22-20+. The Morgan fingerprint density at radius 2 is 1.61 bits per heavy atom. The molecule has 0 radical (unpaired) electrons. The molecule has 152 valence electrons. The van der Waals surface area contributed by atoms with Crippen LogP contribution in [0.4, 0.5) is 5.95 Å². The molecule has 1 aromatic heterocycles. The molecule has 5 rings (SSSR count). The van der Waals surface area contributed by atoms with E-state index in [4.69, 9.17) is 0 Å². The topological polar surface area (TPSA) is 86.3 Å². The third kappa shape index (κ3) is 3.09. The number of ketones is 1. The molecule has 1 saturated heterocycles. The summed E-state index contributed by atoms with van der Waals surface area (Å²) >= 11 is 0. The van der Waals surface area contributed by atoms with Gasteiger partial charge in [-0.2, -0.15) is 0 Å². The molecule has 1 fully saturated rings. The Morgan fingerprint density at radius 1 is 0.935 bits per heavy atom. The molecule has 1 amide bonds. The van der Waals surface area contributed by atoms with Gasteiger partial charge in [0.1, 0.15) is 5.76 Å². The molecule has 1 aliphatic heterocycles. The number of nitrogens with zero attached hydrogens (tertiary/aromatic N) is 2. The Balaban J connectivity index is 1.73. The minimum absolute atomic E-state index is 0.0421.